The van der Waals surface area contributed by atoms with Crippen LogP contribution in [0.25, 0.3) is 33.4 Å². The van der Waals surface area contributed by atoms with Crippen molar-refractivity contribution in [2.24, 2.45) is 0 Å². The lowest BCUT2D eigenvalue weighted by Crippen LogP contribution is -2.50. The van der Waals surface area contributed by atoms with Gasteiger partial charge < -0.3 is 19.8 Å². The average Bonchev–Trinajstić information content (AvgIpc) is 3.36. The van der Waals surface area contributed by atoms with E-state index in [2.05, 4.69) is 10.6 Å². The fraction of sp³-hybridized carbons (Fsp3) is 0.258. The van der Waals surface area contributed by atoms with Gasteiger partial charge in [0.15, 0.2) is 0 Å². The van der Waals surface area contributed by atoms with Crippen molar-refractivity contribution in [3.8, 4) is 22.5 Å². The number of halogens is 2. The molecule has 0 radical (unpaired) electrons. The number of nitrogens with zero attached hydrogens (tertiary/aromatic N) is 1. The number of sulfonamides is 1. The van der Waals surface area contributed by atoms with Crippen molar-refractivity contribution in [2.75, 3.05) is 37.9 Å². The molecule has 3 aromatic carbocycles. The summed E-state index contributed by atoms with van der Waals surface area (Å²) < 4.78 is 64.8. The fourth-order valence-electron chi connectivity index (χ4n) is 4.76. The molecule has 0 aliphatic rings. The van der Waals surface area contributed by atoms with E-state index in [1.807, 2.05) is 0 Å². The minimum absolute atomic E-state index is 0.0351. The Balaban J connectivity index is 2.00. The molecule has 232 valence electrons. The van der Waals surface area contributed by atoms with E-state index in [-0.39, 0.29) is 39.1 Å². The molecule has 1 heterocycles. The maximum Gasteiger partial charge on any atom is 0.330 e. The first-order chi connectivity index (χ1) is 20.7. The maximum atomic E-state index is 13.7. The monoisotopic (exact) mass is 627 g/mol. The lowest BCUT2D eigenvalue weighted by molar-refractivity contribution is -0.146. The number of esters is 1. The van der Waals surface area contributed by atoms with Crippen LogP contribution in [0.15, 0.2) is 65.1 Å². The van der Waals surface area contributed by atoms with Crippen LogP contribution in [-0.2, 0) is 19.6 Å². The number of rotatable bonds is 10. The Bertz CT molecular complexity index is 1850. The summed E-state index contributed by atoms with van der Waals surface area (Å²) >= 11 is 0. The van der Waals surface area contributed by atoms with Crippen LogP contribution >= 0.6 is 0 Å². The first kappa shape index (κ1) is 32.1. The summed E-state index contributed by atoms with van der Waals surface area (Å²) in [5.41, 5.74) is 0.0199. The van der Waals surface area contributed by atoms with Gasteiger partial charge in [0, 0.05) is 35.2 Å². The molecule has 44 heavy (non-hydrogen) atoms. The number of fused-ring (bicyclic) bond motifs is 1. The van der Waals surface area contributed by atoms with Gasteiger partial charge in [-0.15, -0.1) is 0 Å². The predicted molar refractivity (Wildman–Crippen MR) is 162 cm³/mol. The summed E-state index contributed by atoms with van der Waals surface area (Å²) in [4.78, 5) is 38.4. The number of hydrogen-bond acceptors (Lipinski definition) is 7. The van der Waals surface area contributed by atoms with Gasteiger partial charge in [-0.25, -0.2) is 22.0 Å². The number of benzene rings is 3. The van der Waals surface area contributed by atoms with Gasteiger partial charge in [-0.05, 0) is 61.9 Å². The third-order valence-corrected chi connectivity index (χ3v) is 8.06. The summed E-state index contributed by atoms with van der Waals surface area (Å²) in [5.74, 6) is -2.18. The van der Waals surface area contributed by atoms with Crippen molar-refractivity contribution < 1.29 is 40.7 Å². The molecule has 0 aliphatic heterocycles. The minimum atomic E-state index is -4.02. The Morgan fingerprint density at radius 3 is 2.27 bits per heavy atom. The Morgan fingerprint density at radius 1 is 1.00 bits per heavy atom. The standard InChI is InChI=1S/C31H31F2N3O7S/c1-31(2,30(39)42-4)35-28(37)20-8-6-7-19(15-20)22-16-23-25(17-24(22)36(14-13-32)44(5,40)41)43-27(26(23)29(38)34-3)18-9-11-21(33)12-10-18/h6-12,15-17H,13-14H2,1-5H3,(H,34,38)(H,35,37). The summed E-state index contributed by atoms with van der Waals surface area (Å²) in [6, 6.07) is 14.3. The molecule has 2 N–H and O–H groups in total. The number of ether oxygens (including phenoxy) is 1. The SMILES string of the molecule is CNC(=O)c1c(-c2ccc(F)cc2)oc2cc(N(CCF)S(C)(=O)=O)c(-c3cccc(C(=O)NC(C)(C)C(=O)OC)c3)cc12. The molecule has 4 aromatic rings. The normalized spacial score (nSPS) is 11.7. The fourth-order valence-corrected chi connectivity index (χ4v) is 5.67. The van der Waals surface area contributed by atoms with Gasteiger partial charge in [0.2, 0.25) is 10.0 Å². The number of carbonyl (C=O) groups excluding carboxylic acids is 3. The van der Waals surface area contributed by atoms with E-state index in [1.54, 1.807) is 12.1 Å². The Kier molecular flexibility index (Phi) is 9.09. The average molecular weight is 628 g/mol. The number of furan rings is 1. The van der Waals surface area contributed by atoms with Crippen LogP contribution in [-0.4, -0.2) is 65.4 Å². The second kappa shape index (κ2) is 12.4. The van der Waals surface area contributed by atoms with Crippen molar-refractivity contribution in [3.05, 3.63) is 77.6 Å². The van der Waals surface area contributed by atoms with E-state index in [0.717, 1.165) is 10.6 Å². The second-order valence-corrected chi connectivity index (χ2v) is 12.3. The van der Waals surface area contributed by atoms with Crippen molar-refractivity contribution in [1.82, 2.24) is 10.6 Å². The van der Waals surface area contributed by atoms with Crippen LogP contribution in [0.5, 0.6) is 0 Å². The van der Waals surface area contributed by atoms with Gasteiger partial charge in [0.1, 0.15) is 29.4 Å². The molecule has 0 bridgehead atoms. The first-order valence-electron chi connectivity index (χ1n) is 13.4. The molecule has 0 unspecified atom stereocenters. The number of carbonyl (C=O) groups is 3. The molecule has 2 amide bonds. The van der Waals surface area contributed by atoms with Gasteiger partial charge in [-0.3, -0.25) is 13.9 Å². The largest absolute Gasteiger partial charge is 0.467 e. The molecule has 4 rings (SSSR count). The van der Waals surface area contributed by atoms with E-state index in [9.17, 15) is 31.6 Å². The van der Waals surface area contributed by atoms with Crippen molar-refractivity contribution in [2.45, 2.75) is 19.4 Å². The summed E-state index contributed by atoms with van der Waals surface area (Å²) in [5, 5.41) is 5.46. The highest BCUT2D eigenvalue weighted by Gasteiger charge is 2.31. The summed E-state index contributed by atoms with van der Waals surface area (Å²) in [7, 11) is -1.40. The van der Waals surface area contributed by atoms with Crippen LogP contribution in [0, 0.1) is 5.82 Å². The lowest BCUT2D eigenvalue weighted by atomic mass is 9.96. The number of methoxy groups -OCH3 is 1. The maximum absolute atomic E-state index is 13.7. The quantitative estimate of drug-likeness (QED) is 0.244. The van der Waals surface area contributed by atoms with E-state index in [0.29, 0.717) is 11.1 Å². The molecule has 0 atom stereocenters. The smallest absolute Gasteiger partial charge is 0.330 e. The van der Waals surface area contributed by atoms with Crippen molar-refractivity contribution in [3.63, 3.8) is 0 Å². The zero-order valence-electron chi connectivity index (χ0n) is 24.7. The minimum Gasteiger partial charge on any atom is -0.467 e. The third kappa shape index (κ3) is 6.42. The van der Waals surface area contributed by atoms with Gasteiger partial charge in [0.05, 0.1) is 31.2 Å². The molecule has 0 saturated heterocycles. The molecule has 0 saturated carbocycles. The number of amides is 2. The van der Waals surface area contributed by atoms with Gasteiger partial charge in [0.25, 0.3) is 11.8 Å². The van der Waals surface area contributed by atoms with Crippen molar-refractivity contribution >= 4 is 44.5 Å². The van der Waals surface area contributed by atoms with Crippen LogP contribution in [0.4, 0.5) is 14.5 Å². The van der Waals surface area contributed by atoms with Crippen LogP contribution in [0.2, 0.25) is 0 Å². The number of alkyl halides is 1. The highest BCUT2D eigenvalue weighted by atomic mass is 32.2. The van der Waals surface area contributed by atoms with E-state index in [1.165, 1.54) is 76.5 Å². The molecular weight excluding hydrogens is 596 g/mol. The molecular formula is C31H31F2N3O7S. The number of nitrogens with one attached hydrogen (secondary N) is 2. The topological polar surface area (TPSA) is 135 Å². The molecule has 13 heteroatoms. The Labute approximate surface area is 253 Å². The number of anilines is 1. The van der Waals surface area contributed by atoms with Crippen LogP contribution in [0.3, 0.4) is 0 Å². The molecule has 10 nitrogen and oxygen atoms in total. The van der Waals surface area contributed by atoms with Gasteiger partial charge in [-0.2, -0.15) is 0 Å². The van der Waals surface area contributed by atoms with E-state index in [4.69, 9.17) is 9.15 Å². The second-order valence-electron chi connectivity index (χ2n) is 10.4. The van der Waals surface area contributed by atoms with Gasteiger partial charge in [-0.1, -0.05) is 12.1 Å². The van der Waals surface area contributed by atoms with Crippen LogP contribution < -0.4 is 14.9 Å². The zero-order chi connectivity index (χ0) is 32.4. The number of hydrogen-bond donors (Lipinski definition) is 2. The van der Waals surface area contributed by atoms with E-state index >= 15 is 0 Å². The predicted octanol–water partition coefficient (Wildman–Crippen LogP) is 4.68. The summed E-state index contributed by atoms with van der Waals surface area (Å²) in [6.07, 6.45) is 0.928. The van der Waals surface area contributed by atoms with Crippen molar-refractivity contribution in [1.29, 1.82) is 0 Å². The zero-order valence-corrected chi connectivity index (χ0v) is 25.5. The van der Waals surface area contributed by atoms with Crippen LogP contribution in [0.1, 0.15) is 34.6 Å². The Hall–Kier alpha value is -4.78. The lowest BCUT2D eigenvalue weighted by Gasteiger charge is -2.25. The van der Waals surface area contributed by atoms with Gasteiger partial charge >= 0.3 is 5.97 Å². The highest BCUT2D eigenvalue weighted by Crippen LogP contribution is 2.41. The first-order valence-corrected chi connectivity index (χ1v) is 15.2. The molecule has 0 fully saturated rings. The Morgan fingerprint density at radius 2 is 1.68 bits per heavy atom. The van der Waals surface area contributed by atoms with E-state index < -0.39 is 52.4 Å². The molecule has 0 spiro atoms. The summed E-state index contributed by atoms with van der Waals surface area (Å²) in [6.45, 7) is 1.44. The highest BCUT2D eigenvalue weighted by molar-refractivity contribution is 7.92. The molecule has 0 aliphatic carbocycles. The third-order valence-electron chi connectivity index (χ3n) is 6.88. The molecule has 1 aromatic heterocycles.